The number of ether oxygens (including phenoxy) is 1. The van der Waals surface area contributed by atoms with Crippen molar-refractivity contribution >= 4 is 18.3 Å². The smallest absolute Gasteiger partial charge is 0.330 e. The zero-order valence-electron chi connectivity index (χ0n) is 12.7. The molecule has 0 radical (unpaired) electrons. The van der Waals surface area contributed by atoms with Crippen molar-refractivity contribution in [3.8, 4) is 0 Å². The van der Waals surface area contributed by atoms with Crippen LogP contribution >= 0.6 is 0 Å². The second kappa shape index (κ2) is 6.69. The normalized spacial score (nSPS) is 11.3. The molecule has 0 saturated carbocycles. The van der Waals surface area contributed by atoms with E-state index < -0.39 is 17.2 Å². The SMILES string of the molecule is COC(=O)/C=C/c1c(/C=N/N(C)C)n(C)c(=O)n(C)c1=O. The molecule has 0 aliphatic carbocycles. The van der Waals surface area contributed by atoms with Crippen molar-refractivity contribution in [3.05, 3.63) is 38.2 Å². The largest absolute Gasteiger partial charge is 0.466 e. The van der Waals surface area contributed by atoms with Gasteiger partial charge in [0.2, 0.25) is 0 Å². The Morgan fingerprint density at radius 3 is 2.38 bits per heavy atom. The van der Waals surface area contributed by atoms with Gasteiger partial charge in [-0.1, -0.05) is 0 Å². The molecule has 0 N–H and O–H groups in total. The maximum atomic E-state index is 12.2. The summed E-state index contributed by atoms with van der Waals surface area (Å²) in [6.07, 6.45) is 3.82. The third-order valence-corrected chi connectivity index (χ3v) is 2.74. The van der Waals surface area contributed by atoms with Crippen LogP contribution in [0.2, 0.25) is 0 Å². The van der Waals surface area contributed by atoms with Crippen molar-refractivity contribution < 1.29 is 9.53 Å². The van der Waals surface area contributed by atoms with Gasteiger partial charge in [0.25, 0.3) is 5.56 Å². The molecule has 0 aliphatic heterocycles. The van der Waals surface area contributed by atoms with Gasteiger partial charge in [-0.3, -0.25) is 13.9 Å². The molecule has 0 fully saturated rings. The Bertz CT molecular complexity index is 710. The van der Waals surface area contributed by atoms with Gasteiger partial charge in [0.1, 0.15) is 0 Å². The van der Waals surface area contributed by atoms with Gasteiger partial charge in [0, 0.05) is 34.3 Å². The first-order chi connectivity index (χ1) is 9.79. The van der Waals surface area contributed by atoms with Gasteiger partial charge in [-0.2, -0.15) is 5.10 Å². The lowest BCUT2D eigenvalue weighted by atomic mass is 10.2. The van der Waals surface area contributed by atoms with E-state index in [2.05, 4.69) is 9.84 Å². The van der Waals surface area contributed by atoms with Gasteiger partial charge >= 0.3 is 11.7 Å². The van der Waals surface area contributed by atoms with Crippen LogP contribution in [-0.2, 0) is 23.6 Å². The molecule has 8 heteroatoms. The highest BCUT2D eigenvalue weighted by Crippen LogP contribution is 2.02. The van der Waals surface area contributed by atoms with Gasteiger partial charge in [-0.05, 0) is 6.08 Å². The standard InChI is InChI=1S/C13H18N4O4/c1-15(2)14-8-10-9(6-7-11(18)21-5)12(19)17(4)13(20)16(10)3/h6-8H,1-5H3/b7-6+,14-8+. The van der Waals surface area contributed by atoms with Crippen LogP contribution in [0, 0.1) is 0 Å². The molecule has 0 bridgehead atoms. The average Bonchev–Trinajstić information content (AvgIpc) is 2.45. The topological polar surface area (TPSA) is 85.9 Å². The molecular weight excluding hydrogens is 276 g/mol. The molecule has 0 aromatic carbocycles. The number of methoxy groups -OCH3 is 1. The van der Waals surface area contributed by atoms with E-state index in [9.17, 15) is 14.4 Å². The van der Waals surface area contributed by atoms with Crippen LogP contribution in [0.25, 0.3) is 6.08 Å². The Kier molecular flexibility index (Phi) is 5.23. The Labute approximate surface area is 121 Å². The summed E-state index contributed by atoms with van der Waals surface area (Å²) >= 11 is 0. The van der Waals surface area contributed by atoms with Crippen LogP contribution < -0.4 is 11.2 Å². The van der Waals surface area contributed by atoms with Crippen molar-refractivity contribution in [2.45, 2.75) is 0 Å². The molecule has 1 rings (SSSR count). The monoisotopic (exact) mass is 294 g/mol. The maximum absolute atomic E-state index is 12.2. The summed E-state index contributed by atoms with van der Waals surface area (Å²) in [5, 5.41) is 5.55. The zero-order chi connectivity index (χ0) is 16.2. The molecule has 1 heterocycles. The molecule has 0 aliphatic rings. The van der Waals surface area contributed by atoms with E-state index in [-0.39, 0.29) is 5.56 Å². The summed E-state index contributed by atoms with van der Waals surface area (Å²) in [6.45, 7) is 0. The molecule has 0 spiro atoms. The minimum atomic E-state index is -0.596. The number of aromatic nitrogens is 2. The van der Waals surface area contributed by atoms with Gasteiger partial charge in [-0.15, -0.1) is 0 Å². The molecule has 0 saturated heterocycles. The predicted octanol–water partition coefficient (Wildman–Crippen LogP) is -0.834. The van der Waals surface area contributed by atoms with Gasteiger partial charge in [0.15, 0.2) is 0 Å². The highest BCUT2D eigenvalue weighted by Gasteiger charge is 2.12. The van der Waals surface area contributed by atoms with Crippen LogP contribution in [0.5, 0.6) is 0 Å². The number of hydrazone groups is 1. The Morgan fingerprint density at radius 2 is 1.86 bits per heavy atom. The molecule has 1 aromatic heterocycles. The van der Waals surface area contributed by atoms with E-state index in [0.29, 0.717) is 5.69 Å². The fraction of sp³-hybridized carbons (Fsp3) is 0.385. The van der Waals surface area contributed by atoms with E-state index in [0.717, 1.165) is 10.6 Å². The van der Waals surface area contributed by atoms with E-state index in [1.165, 1.54) is 43.1 Å². The quantitative estimate of drug-likeness (QED) is 0.313. The molecule has 0 unspecified atom stereocenters. The van der Waals surface area contributed by atoms with E-state index in [1.54, 1.807) is 14.1 Å². The Hall–Kier alpha value is -2.64. The Morgan fingerprint density at radius 1 is 1.24 bits per heavy atom. The first kappa shape index (κ1) is 16.4. The number of nitrogens with zero attached hydrogens (tertiary/aromatic N) is 4. The average molecular weight is 294 g/mol. The minimum Gasteiger partial charge on any atom is -0.466 e. The lowest BCUT2D eigenvalue weighted by Crippen LogP contribution is -2.40. The third-order valence-electron chi connectivity index (χ3n) is 2.74. The summed E-state index contributed by atoms with van der Waals surface area (Å²) in [5.41, 5.74) is -0.513. The molecule has 21 heavy (non-hydrogen) atoms. The van der Waals surface area contributed by atoms with Crippen LogP contribution in [-0.4, -0.2) is 47.5 Å². The van der Waals surface area contributed by atoms with Crippen LogP contribution in [0.3, 0.4) is 0 Å². The number of carbonyl (C=O) groups excluding carboxylic acids is 1. The van der Waals surface area contributed by atoms with E-state index >= 15 is 0 Å². The summed E-state index contributed by atoms with van der Waals surface area (Å²) in [4.78, 5) is 35.3. The van der Waals surface area contributed by atoms with Crippen LogP contribution in [0.1, 0.15) is 11.3 Å². The fourth-order valence-electron chi connectivity index (χ4n) is 1.59. The van der Waals surface area contributed by atoms with E-state index in [1.807, 2.05) is 0 Å². The van der Waals surface area contributed by atoms with Crippen LogP contribution in [0.15, 0.2) is 20.8 Å². The molecule has 0 atom stereocenters. The lowest BCUT2D eigenvalue weighted by Gasteiger charge is -2.10. The summed E-state index contributed by atoms with van der Waals surface area (Å²) in [5.74, 6) is -0.596. The van der Waals surface area contributed by atoms with Crippen molar-refractivity contribution in [1.82, 2.24) is 14.1 Å². The first-order valence-electron chi connectivity index (χ1n) is 6.07. The second-order valence-corrected chi connectivity index (χ2v) is 4.45. The summed E-state index contributed by atoms with van der Waals surface area (Å²) in [7, 11) is 7.54. The molecule has 0 amide bonds. The van der Waals surface area contributed by atoms with Crippen molar-refractivity contribution in [2.75, 3.05) is 21.2 Å². The highest BCUT2D eigenvalue weighted by atomic mass is 16.5. The number of hydrogen-bond acceptors (Lipinski definition) is 6. The number of rotatable bonds is 4. The van der Waals surface area contributed by atoms with Crippen molar-refractivity contribution in [3.63, 3.8) is 0 Å². The van der Waals surface area contributed by atoms with Crippen molar-refractivity contribution in [1.29, 1.82) is 0 Å². The van der Waals surface area contributed by atoms with Gasteiger partial charge in [-0.25, -0.2) is 9.59 Å². The number of carbonyl (C=O) groups is 1. The van der Waals surface area contributed by atoms with Gasteiger partial charge in [0.05, 0.1) is 24.6 Å². The Balaban J connectivity index is 3.59. The highest BCUT2D eigenvalue weighted by molar-refractivity contribution is 5.90. The molecule has 114 valence electrons. The minimum absolute atomic E-state index is 0.176. The second-order valence-electron chi connectivity index (χ2n) is 4.45. The maximum Gasteiger partial charge on any atom is 0.330 e. The molecule has 1 aromatic rings. The third kappa shape index (κ3) is 3.68. The van der Waals surface area contributed by atoms with Crippen LogP contribution in [0.4, 0.5) is 0 Å². The first-order valence-corrected chi connectivity index (χ1v) is 6.07. The van der Waals surface area contributed by atoms with Crippen molar-refractivity contribution in [2.24, 2.45) is 19.2 Å². The summed E-state index contributed by atoms with van der Waals surface area (Å²) < 4.78 is 6.73. The zero-order valence-corrected chi connectivity index (χ0v) is 12.7. The predicted molar refractivity (Wildman–Crippen MR) is 79.3 cm³/mol. The van der Waals surface area contributed by atoms with Gasteiger partial charge < -0.3 is 9.75 Å². The fourth-order valence-corrected chi connectivity index (χ4v) is 1.59. The van der Waals surface area contributed by atoms with E-state index in [4.69, 9.17) is 0 Å². The molecule has 8 nitrogen and oxygen atoms in total. The summed E-state index contributed by atoms with van der Waals surface area (Å²) in [6, 6.07) is 0. The number of hydrogen-bond donors (Lipinski definition) is 0. The lowest BCUT2D eigenvalue weighted by molar-refractivity contribution is -0.134. The molecular formula is C13H18N4O4. The number of esters is 1.